The standard InChI is InChI=1S/C29H29FN2O4/c1-35-22-14-10-20(11-15-22)27-26(28(33)31-17-23-5-4-16-36-23)24-6-2-3-7-25(24)29(34)32(27)18-19-8-12-21(30)13-9-19/h2-3,6-15,23,26-27H,4-5,16-18H2,1H3,(H,31,33)/t23-,26-,27+/m0/s1. The summed E-state index contributed by atoms with van der Waals surface area (Å²) < 4.78 is 24.6. The molecule has 1 saturated heterocycles. The highest BCUT2D eigenvalue weighted by Gasteiger charge is 2.44. The highest BCUT2D eigenvalue weighted by Crippen LogP contribution is 2.44. The van der Waals surface area contributed by atoms with Crippen LogP contribution < -0.4 is 10.1 Å². The van der Waals surface area contributed by atoms with Gasteiger partial charge in [-0.1, -0.05) is 42.5 Å². The molecule has 0 aromatic heterocycles. The first-order valence-corrected chi connectivity index (χ1v) is 12.2. The Balaban J connectivity index is 1.57. The Kier molecular flexibility index (Phi) is 7.00. The van der Waals surface area contributed by atoms with Gasteiger partial charge in [0.25, 0.3) is 5.91 Å². The van der Waals surface area contributed by atoms with Crippen molar-refractivity contribution in [1.82, 2.24) is 10.2 Å². The molecule has 0 saturated carbocycles. The molecule has 0 unspecified atom stereocenters. The molecule has 0 radical (unpaired) electrons. The van der Waals surface area contributed by atoms with Crippen LogP contribution in [0.5, 0.6) is 5.75 Å². The summed E-state index contributed by atoms with van der Waals surface area (Å²) in [5, 5.41) is 3.09. The molecular formula is C29H29FN2O4. The van der Waals surface area contributed by atoms with Gasteiger partial charge in [-0.15, -0.1) is 0 Å². The van der Waals surface area contributed by atoms with Crippen molar-refractivity contribution in [2.45, 2.75) is 37.5 Å². The quantitative estimate of drug-likeness (QED) is 0.528. The monoisotopic (exact) mass is 488 g/mol. The van der Waals surface area contributed by atoms with Gasteiger partial charge < -0.3 is 19.7 Å². The molecule has 2 aliphatic rings. The van der Waals surface area contributed by atoms with E-state index in [4.69, 9.17) is 9.47 Å². The molecule has 1 N–H and O–H groups in total. The summed E-state index contributed by atoms with van der Waals surface area (Å²) in [5.41, 5.74) is 2.80. The van der Waals surface area contributed by atoms with Gasteiger partial charge >= 0.3 is 0 Å². The summed E-state index contributed by atoms with van der Waals surface area (Å²) in [5.74, 6) is -0.610. The maximum atomic E-state index is 13.8. The number of hydrogen-bond acceptors (Lipinski definition) is 4. The van der Waals surface area contributed by atoms with Crippen molar-refractivity contribution in [1.29, 1.82) is 0 Å². The first-order chi connectivity index (χ1) is 17.5. The Hall–Kier alpha value is -3.71. The Morgan fingerprint density at radius 1 is 1.08 bits per heavy atom. The van der Waals surface area contributed by atoms with Crippen LogP contribution in [0, 0.1) is 5.82 Å². The van der Waals surface area contributed by atoms with Crippen LogP contribution >= 0.6 is 0 Å². The first kappa shape index (κ1) is 24.0. The number of ether oxygens (including phenoxy) is 2. The summed E-state index contributed by atoms with van der Waals surface area (Å²) in [4.78, 5) is 29.3. The van der Waals surface area contributed by atoms with Crippen LogP contribution in [0.4, 0.5) is 4.39 Å². The zero-order valence-corrected chi connectivity index (χ0v) is 20.2. The van der Waals surface area contributed by atoms with E-state index in [0.29, 0.717) is 30.0 Å². The lowest BCUT2D eigenvalue weighted by atomic mass is 9.79. The van der Waals surface area contributed by atoms with Crippen molar-refractivity contribution in [3.8, 4) is 5.75 Å². The number of carbonyl (C=O) groups excluding carboxylic acids is 2. The van der Waals surface area contributed by atoms with Crippen LogP contribution in [0.25, 0.3) is 0 Å². The van der Waals surface area contributed by atoms with E-state index in [2.05, 4.69) is 5.32 Å². The molecule has 0 spiro atoms. The summed E-state index contributed by atoms with van der Waals surface area (Å²) in [6, 6.07) is 20.3. The molecule has 5 rings (SSSR count). The van der Waals surface area contributed by atoms with Gasteiger partial charge in [0.2, 0.25) is 5.91 Å². The van der Waals surface area contributed by atoms with E-state index < -0.39 is 12.0 Å². The second-order valence-corrected chi connectivity index (χ2v) is 9.22. The van der Waals surface area contributed by atoms with Gasteiger partial charge in [0.05, 0.1) is 25.2 Å². The molecule has 3 atom stereocenters. The van der Waals surface area contributed by atoms with Gasteiger partial charge in [-0.2, -0.15) is 0 Å². The van der Waals surface area contributed by atoms with Crippen LogP contribution in [-0.4, -0.2) is 43.1 Å². The summed E-state index contributed by atoms with van der Waals surface area (Å²) >= 11 is 0. The number of nitrogens with one attached hydrogen (secondary N) is 1. The van der Waals surface area contributed by atoms with Crippen molar-refractivity contribution >= 4 is 11.8 Å². The number of fused-ring (bicyclic) bond motifs is 1. The fraction of sp³-hybridized carbons (Fsp3) is 0.310. The molecule has 6 nitrogen and oxygen atoms in total. The minimum absolute atomic E-state index is 0.00386. The zero-order chi connectivity index (χ0) is 25.1. The average Bonchev–Trinajstić information content (AvgIpc) is 3.44. The first-order valence-electron chi connectivity index (χ1n) is 12.2. The van der Waals surface area contributed by atoms with Gasteiger partial charge in [-0.25, -0.2) is 4.39 Å². The largest absolute Gasteiger partial charge is 0.497 e. The van der Waals surface area contributed by atoms with Crippen molar-refractivity contribution in [3.05, 3.63) is 101 Å². The molecule has 7 heteroatoms. The van der Waals surface area contributed by atoms with Crippen LogP contribution in [-0.2, 0) is 16.1 Å². The minimum Gasteiger partial charge on any atom is -0.497 e. The number of methoxy groups -OCH3 is 1. The molecule has 0 bridgehead atoms. The van der Waals surface area contributed by atoms with Gasteiger partial charge in [0.15, 0.2) is 0 Å². The molecule has 2 aliphatic heterocycles. The average molecular weight is 489 g/mol. The minimum atomic E-state index is -0.630. The molecule has 36 heavy (non-hydrogen) atoms. The fourth-order valence-electron chi connectivity index (χ4n) is 5.14. The Morgan fingerprint density at radius 3 is 2.53 bits per heavy atom. The van der Waals surface area contributed by atoms with E-state index in [0.717, 1.165) is 24.0 Å². The number of benzene rings is 3. The molecule has 186 valence electrons. The molecule has 0 aliphatic carbocycles. The molecule has 1 fully saturated rings. The van der Waals surface area contributed by atoms with E-state index >= 15 is 0 Å². The third-order valence-electron chi connectivity index (χ3n) is 6.97. The number of amides is 2. The molecule has 2 heterocycles. The number of halogens is 1. The topological polar surface area (TPSA) is 67.9 Å². The summed E-state index contributed by atoms with van der Waals surface area (Å²) in [7, 11) is 1.59. The maximum Gasteiger partial charge on any atom is 0.255 e. The number of hydrogen-bond donors (Lipinski definition) is 1. The van der Waals surface area contributed by atoms with E-state index in [1.165, 1.54) is 12.1 Å². The smallest absolute Gasteiger partial charge is 0.255 e. The normalized spacial score (nSPS) is 21.2. The second kappa shape index (κ2) is 10.5. The third-order valence-corrected chi connectivity index (χ3v) is 6.97. The van der Waals surface area contributed by atoms with E-state index in [9.17, 15) is 14.0 Å². The Morgan fingerprint density at radius 2 is 1.83 bits per heavy atom. The lowest BCUT2D eigenvalue weighted by molar-refractivity contribution is -0.124. The number of rotatable bonds is 7. The lowest BCUT2D eigenvalue weighted by Crippen LogP contribution is -2.48. The highest BCUT2D eigenvalue weighted by atomic mass is 19.1. The van der Waals surface area contributed by atoms with Crippen LogP contribution in [0.2, 0.25) is 0 Å². The summed E-state index contributed by atoms with van der Waals surface area (Å²) in [6.07, 6.45) is 1.91. The summed E-state index contributed by atoms with van der Waals surface area (Å²) in [6.45, 7) is 1.37. The van der Waals surface area contributed by atoms with Crippen LogP contribution in [0.3, 0.4) is 0 Å². The number of nitrogens with zero attached hydrogens (tertiary/aromatic N) is 1. The lowest BCUT2D eigenvalue weighted by Gasteiger charge is -2.42. The molecule has 2 amide bonds. The number of carbonyl (C=O) groups is 2. The fourth-order valence-corrected chi connectivity index (χ4v) is 5.14. The van der Waals surface area contributed by atoms with E-state index in [1.807, 2.05) is 42.5 Å². The van der Waals surface area contributed by atoms with Crippen LogP contribution in [0.1, 0.15) is 51.8 Å². The van der Waals surface area contributed by atoms with Gasteiger partial charge in [0, 0.05) is 25.3 Å². The third kappa shape index (κ3) is 4.84. The van der Waals surface area contributed by atoms with Gasteiger partial charge in [0.1, 0.15) is 11.6 Å². The van der Waals surface area contributed by atoms with Gasteiger partial charge in [-0.3, -0.25) is 9.59 Å². The predicted octanol–water partition coefficient (Wildman–Crippen LogP) is 4.61. The van der Waals surface area contributed by atoms with Crippen molar-refractivity contribution in [2.24, 2.45) is 0 Å². The van der Waals surface area contributed by atoms with Crippen LogP contribution in [0.15, 0.2) is 72.8 Å². The van der Waals surface area contributed by atoms with Crippen molar-refractivity contribution in [2.75, 3.05) is 20.3 Å². The van der Waals surface area contributed by atoms with Crippen molar-refractivity contribution in [3.63, 3.8) is 0 Å². The van der Waals surface area contributed by atoms with E-state index in [-0.39, 0.29) is 30.3 Å². The van der Waals surface area contributed by atoms with Crippen molar-refractivity contribution < 1.29 is 23.5 Å². The Bertz CT molecular complexity index is 1220. The molecule has 3 aromatic rings. The van der Waals surface area contributed by atoms with E-state index in [1.54, 1.807) is 30.2 Å². The maximum absolute atomic E-state index is 13.8. The molecule has 3 aromatic carbocycles. The zero-order valence-electron chi connectivity index (χ0n) is 20.2. The predicted molar refractivity (Wildman–Crippen MR) is 133 cm³/mol. The SMILES string of the molecule is COc1ccc([C@@H]2[C@@H](C(=O)NC[C@@H]3CCCO3)c3ccccc3C(=O)N2Cc2ccc(F)cc2)cc1. The Labute approximate surface area is 210 Å². The highest BCUT2D eigenvalue weighted by molar-refractivity contribution is 6.01. The molecular weight excluding hydrogens is 459 g/mol. The second-order valence-electron chi connectivity index (χ2n) is 9.22. The van der Waals surface area contributed by atoms with Gasteiger partial charge in [-0.05, 0) is 59.9 Å².